The quantitative estimate of drug-likeness (QED) is 0.567. The third kappa shape index (κ3) is 6.03. The van der Waals surface area contributed by atoms with Gasteiger partial charge >= 0.3 is 6.18 Å². The monoisotopic (exact) mass is 492 g/mol. The van der Waals surface area contributed by atoms with Crippen LogP contribution in [0.2, 0.25) is 0 Å². The van der Waals surface area contributed by atoms with E-state index in [4.69, 9.17) is 5.73 Å². The van der Waals surface area contributed by atoms with Gasteiger partial charge in [0.1, 0.15) is 17.7 Å². The number of likely N-dealkylation sites (tertiary alicyclic amines) is 1. The summed E-state index contributed by atoms with van der Waals surface area (Å²) >= 11 is 0. The van der Waals surface area contributed by atoms with Gasteiger partial charge in [-0.15, -0.1) is 0 Å². The van der Waals surface area contributed by atoms with Crippen molar-refractivity contribution in [1.29, 1.82) is 0 Å². The molecule has 1 unspecified atom stereocenters. The van der Waals surface area contributed by atoms with Crippen LogP contribution in [0.3, 0.4) is 0 Å². The van der Waals surface area contributed by atoms with Gasteiger partial charge in [-0.05, 0) is 77.6 Å². The summed E-state index contributed by atoms with van der Waals surface area (Å²) in [5.41, 5.74) is 5.33. The first-order valence-corrected chi connectivity index (χ1v) is 12.4. The number of fused-ring (bicyclic) bond motifs is 1. The average molecular weight is 493 g/mol. The van der Waals surface area contributed by atoms with Gasteiger partial charge in [-0.2, -0.15) is 13.2 Å². The fourth-order valence-electron chi connectivity index (χ4n) is 5.21. The van der Waals surface area contributed by atoms with E-state index in [1.54, 1.807) is 0 Å². The maximum absolute atomic E-state index is 13.3. The van der Waals surface area contributed by atoms with Crippen molar-refractivity contribution in [3.8, 4) is 0 Å². The zero-order chi connectivity index (χ0) is 25.4. The first-order valence-electron chi connectivity index (χ1n) is 12.4. The highest BCUT2D eigenvalue weighted by atomic mass is 19.4. The van der Waals surface area contributed by atoms with Gasteiger partial charge in [-0.3, -0.25) is 4.79 Å². The van der Waals surface area contributed by atoms with Crippen molar-refractivity contribution in [1.82, 2.24) is 20.2 Å². The molecule has 2 aliphatic rings. The van der Waals surface area contributed by atoms with Crippen molar-refractivity contribution in [3.63, 3.8) is 0 Å². The molecule has 1 saturated carbocycles. The number of halogens is 3. The Labute approximate surface area is 204 Å². The number of carbonyl (C=O) groups excluding carboxylic acids is 1. The van der Waals surface area contributed by atoms with Gasteiger partial charge in [0.15, 0.2) is 0 Å². The van der Waals surface area contributed by atoms with Gasteiger partial charge in [0.25, 0.3) is 0 Å². The van der Waals surface area contributed by atoms with Crippen LogP contribution in [0.1, 0.15) is 64.3 Å². The van der Waals surface area contributed by atoms with Crippen LogP contribution in [0.15, 0.2) is 18.2 Å². The molecule has 192 valence electrons. The Morgan fingerprint density at radius 1 is 1.09 bits per heavy atom. The molecular formula is C25H35F3N6O. The molecular weight excluding hydrogens is 457 g/mol. The predicted octanol–water partition coefficient (Wildman–Crippen LogP) is 3.86. The highest BCUT2D eigenvalue weighted by Crippen LogP contribution is 2.34. The molecule has 0 bridgehead atoms. The molecule has 7 nitrogen and oxygen atoms in total. The lowest BCUT2D eigenvalue weighted by atomic mass is 9.89. The number of carbonyl (C=O) groups is 1. The second-order valence-corrected chi connectivity index (χ2v) is 10.7. The molecule has 1 aromatic carbocycles. The number of nitrogens with zero attached hydrogens (tertiary/aromatic N) is 3. The molecule has 2 fully saturated rings. The van der Waals surface area contributed by atoms with Crippen molar-refractivity contribution in [2.24, 2.45) is 5.73 Å². The Morgan fingerprint density at radius 3 is 2.43 bits per heavy atom. The van der Waals surface area contributed by atoms with E-state index in [2.05, 4.69) is 41.4 Å². The standard InChI is InChI=1S/C25H35F3N6O/c1-24(2,3)33-16-5-7-17(8-6-16)34-13-11-20(23(34)35)31-22-18-14-15(25(26,27)28)4-9-19(18)30-21(32-22)10-12-29/h4,9,14,16-17,20,33H,5-8,10-13,29H2,1-3H3,(H,30,31,32). The molecule has 2 heterocycles. The lowest BCUT2D eigenvalue weighted by molar-refractivity contribution is -0.137. The van der Waals surface area contributed by atoms with E-state index in [1.807, 2.05) is 4.90 Å². The number of benzene rings is 1. The van der Waals surface area contributed by atoms with E-state index in [1.165, 1.54) is 6.07 Å². The summed E-state index contributed by atoms with van der Waals surface area (Å²) < 4.78 is 40.0. The van der Waals surface area contributed by atoms with Crippen LogP contribution in [-0.4, -0.2) is 57.5 Å². The van der Waals surface area contributed by atoms with Gasteiger partial charge in [0.05, 0.1) is 11.1 Å². The molecule has 4 N–H and O–H groups in total. The Kier molecular flexibility index (Phi) is 7.24. The van der Waals surface area contributed by atoms with Crippen molar-refractivity contribution in [2.75, 3.05) is 18.4 Å². The van der Waals surface area contributed by atoms with E-state index in [0.717, 1.165) is 37.8 Å². The van der Waals surface area contributed by atoms with Gasteiger partial charge in [0, 0.05) is 36.0 Å². The third-order valence-electron chi connectivity index (χ3n) is 6.76. The predicted molar refractivity (Wildman–Crippen MR) is 130 cm³/mol. The molecule has 1 atom stereocenters. The molecule has 35 heavy (non-hydrogen) atoms. The lowest BCUT2D eigenvalue weighted by Crippen LogP contribution is -2.49. The van der Waals surface area contributed by atoms with Crippen molar-refractivity contribution < 1.29 is 18.0 Å². The number of nitrogens with one attached hydrogen (secondary N) is 2. The van der Waals surface area contributed by atoms with E-state index in [0.29, 0.717) is 43.3 Å². The van der Waals surface area contributed by atoms with Crippen LogP contribution >= 0.6 is 0 Å². The summed E-state index contributed by atoms with van der Waals surface area (Å²) in [6.45, 7) is 7.42. The molecule has 1 aliphatic carbocycles. The molecule has 1 saturated heterocycles. The molecule has 2 aromatic rings. The van der Waals surface area contributed by atoms with Crippen molar-refractivity contribution in [3.05, 3.63) is 29.6 Å². The smallest absolute Gasteiger partial charge is 0.358 e. The molecule has 4 rings (SSSR count). The maximum Gasteiger partial charge on any atom is 0.416 e. The average Bonchev–Trinajstić information content (AvgIpc) is 3.12. The topological polar surface area (TPSA) is 96.2 Å². The van der Waals surface area contributed by atoms with E-state index >= 15 is 0 Å². The number of amides is 1. The molecule has 10 heteroatoms. The fourth-order valence-corrected chi connectivity index (χ4v) is 5.21. The fraction of sp³-hybridized carbons (Fsp3) is 0.640. The number of hydrogen-bond acceptors (Lipinski definition) is 6. The second-order valence-electron chi connectivity index (χ2n) is 10.7. The minimum absolute atomic E-state index is 0.0173. The molecule has 0 spiro atoms. The van der Waals surface area contributed by atoms with Gasteiger partial charge in [0.2, 0.25) is 5.91 Å². The largest absolute Gasteiger partial charge is 0.416 e. The second kappa shape index (κ2) is 9.89. The molecule has 1 aromatic heterocycles. The summed E-state index contributed by atoms with van der Waals surface area (Å²) in [6.07, 6.45) is 0.405. The maximum atomic E-state index is 13.3. The van der Waals surface area contributed by atoms with Gasteiger partial charge < -0.3 is 21.3 Å². The highest BCUT2D eigenvalue weighted by Gasteiger charge is 2.38. The number of aromatic nitrogens is 2. The highest BCUT2D eigenvalue weighted by molar-refractivity contribution is 5.93. The molecule has 1 aliphatic heterocycles. The van der Waals surface area contributed by atoms with Crippen molar-refractivity contribution >= 4 is 22.6 Å². The Morgan fingerprint density at radius 2 is 1.80 bits per heavy atom. The zero-order valence-electron chi connectivity index (χ0n) is 20.6. The molecule has 1 amide bonds. The molecule has 0 radical (unpaired) electrons. The van der Waals surface area contributed by atoms with Crippen LogP contribution in [-0.2, 0) is 17.4 Å². The zero-order valence-corrected chi connectivity index (χ0v) is 20.6. The summed E-state index contributed by atoms with van der Waals surface area (Å²) in [4.78, 5) is 24.0. The van der Waals surface area contributed by atoms with Crippen LogP contribution in [0, 0.1) is 0 Å². The first-order chi connectivity index (χ1) is 16.4. The third-order valence-corrected chi connectivity index (χ3v) is 6.76. The lowest BCUT2D eigenvalue weighted by Gasteiger charge is -2.37. The minimum atomic E-state index is -4.48. The van der Waals surface area contributed by atoms with E-state index < -0.39 is 17.8 Å². The van der Waals surface area contributed by atoms with Gasteiger partial charge in [-0.25, -0.2) is 9.97 Å². The summed E-state index contributed by atoms with van der Waals surface area (Å²) in [6, 6.07) is 3.52. The van der Waals surface area contributed by atoms with E-state index in [-0.39, 0.29) is 28.7 Å². The number of nitrogens with two attached hydrogens (primary N) is 1. The normalized spacial score (nSPS) is 23.8. The number of anilines is 1. The Bertz CT molecular complexity index is 1060. The van der Waals surface area contributed by atoms with Crippen molar-refractivity contribution in [2.45, 2.75) is 89.1 Å². The first kappa shape index (κ1) is 25.6. The van der Waals surface area contributed by atoms with Crippen LogP contribution < -0.4 is 16.4 Å². The van der Waals surface area contributed by atoms with E-state index in [9.17, 15) is 18.0 Å². The number of alkyl halides is 3. The summed E-state index contributed by atoms with van der Waals surface area (Å²) in [5.74, 6) is 0.674. The number of rotatable bonds is 6. The van der Waals surface area contributed by atoms with Gasteiger partial charge in [-0.1, -0.05) is 0 Å². The summed E-state index contributed by atoms with van der Waals surface area (Å²) in [5, 5.41) is 7.06. The number of hydrogen-bond donors (Lipinski definition) is 3. The van der Waals surface area contributed by atoms with Crippen LogP contribution in [0.5, 0.6) is 0 Å². The Balaban J connectivity index is 1.50. The van der Waals surface area contributed by atoms with Crippen LogP contribution in [0.4, 0.5) is 19.0 Å². The SMILES string of the molecule is CC(C)(C)NC1CCC(N2CCC(Nc3nc(CCN)nc4ccc(C(F)(F)F)cc34)C2=O)CC1. The summed E-state index contributed by atoms with van der Waals surface area (Å²) in [7, 11) is 0. The minimum Gasteiger partial charge on any atom is -0.358 e. The Hall–Kier alpha value is -2.46. The van der Waals surface area contributed by atoms with Crippen LogP contribution in [0.25, 0.3) is 10.9 Å².